The summed E-state index contributed by atoms with van der Waals surface area (Å²) in [5.41, 5.74) is 5.51. The molecule has 0 amide bonds. The van der Waals surface area contributed by atoms with Crippen LogP contribution in [0.3, 0.4) is 0 Å². The van der Waals surface area contributed by atoms with Crippen LogP contribution < -0.4 is 11.1 Å². The molecular formula is C7H15N3OS. The van der Waals surface area contributed by atoms with Gasteiger partial charge >= 0.3 is 0 Å². The van der Waals surface area contributed by atoms with Crippen LogP contribution in [0.2, 0.25) is 0 Å². The second-order valence-corrected chi connectivity index (χ2v) is 4.12. The molecule has 12 heavy (non-hydrogen) atoms. The molecule has 4 nitrogen and oxygen atoms in total. The van der Waals surface area contributed by atoms with Crippen molar-refractivity contribution >= 4 is 18.0 Å². The van der Waals surface area contributed by atoms with Crippen LogP contribution in [0.1, 0.15) is 6.42 Å². The van der Waals surface area contributed by atoms with Gasteiger partial charge in [0.15, 0.2) is 0 Å². The summed E-state index contributed by atoms with van der Waals surface area (Å²) in [4.78, 5) is 4.00. The molecule has 2 unspecified atom stereocenters. The van der Waals surface area contributed by atoms with Crippen LogP contribution in [-0.2, 0) is 4.74 Å². The van der Waals surface area contributed by atoms with Crippen molar-refractivity contribution < 1.29 is 4.74 Å². The Morgan fingerprint density at radius 1 is 1.83 bits per heavy atom. The Bertz CT molecular complexity index is 176. The van der Waals surface area contributed by atoms with Gasteiger partial charge in [-0.3, -0.25) is 4.99 Å². The highest BCUT2D eigenvalue weighted by Gasteiger charge is 2.33. The van der Waals surface area contributed by atoms with Crippen molar-refractivity contribution in [2.75, 3.05) is 20.8 Å². The topological polar surface area (TPSA) is 59.6 Å². The van der Waals surface area contributed by atoms with Crippen LogP contribution in [0.5, 0.6) is 0 Å². The molecule has 0 saturated heterocycles. The fraction of sp³-hybridized carbons (Fsp3) is 0.857. The molecule has 0 aromatic rings. The van der Waals surface area contributed by atoms with E-state index in [1.165, 1.54) is 0 Å². The molecule has 0 radical (unpaired) electrons. The zero-order valence-electron chi connectivity index (χ0n) is 7.41. The van der Waals surface area contributed by atoms with E-state index in [9.17, 15) is 0 Å². The van der Waals surface area contributed by atoms with Gasteiger partial charge in [0.1, 0.15) is 10.4 Å². The van der Waals surface area contributed by atoms with Gasteiger partial charge in [-0.1, -0.05) is 11.8 Å². The lowest BCUT2D eigenvalue weighted by Crippen LogP contribution is -2.41. The third-order valence-corrected chi connectivity index (χ3v) is 3.16. The van der Waals surface area contributed by atoms with E-state index in [1.54, 1.807) is 18.9 Å². The van der Waals surface area contributed by atoms with Crippen molar-refractivity contribution in [2.24, 2.45) is 10.7 Å². The number of thioether (sulfide) groups is 1. The zero-order chi connectivity index (χ0) is 9.03. The molecule has 70 valence electrons. The van der Waals surface area contributed by atoms with Crippen LogP contribution in [0.15, 0.2) is 4.99 Å². The number of rotatable bonds is 4. The van der Waals surface area contributed by atoms with Crippen molar-refractivity contribution in [2.45, 2.75) is 16.8 Å². The summed E-state index contributed by atoms with van der Waals surface area (Å²) in [5, 5.41) is 3.20. The van der Waals surface area contributed by atoms with Crippen LogP contribution in [-0.4, -0.2) is 37.3 Å². The van der Waals surface area contributed by atoms with Crippen LogP contribution in [0.4, 0.5) is 0 Å². The maximum absolute atomic E-state index is 5.64. The first-order chi connectivity index (χ1) is 5.72. The van der Waals surface area contributed by atoms with Gasteiger partial charge in [0.2, 0.25) is 0 Å². The maximum Gasteiger partial charge on any atom is 0.146 e. The maximum atomic E-state index is 5.64. The predicted octanol–water partition coefficient (Wildman–Crippen LogP) is -0.00150. The molecule has 5 heteroatoms. The van der Waals surface area contributed by atoms with E-state index in [-0.39, 0.29) is 10.4 Å². The van der Waals surface area contributed by atoms with Gasteiger partial charge in [-0.2, -0.15) is 0 Å². The second-order valence-electron chi connectivity index (χ2n) is 2.67. The van der Waals surface area contributed by atoms with Gasteiger partial charge in [-0.15, -0.1) is 0 Å². The minimum atomic E-state index is -0.130. The summed E-state index contributed by atoms with van der Waals surface area (Å²) in [5.74, 6) is 0. The smallest absolute Gasteiger partial charge is 0.146 e. The number of hydrogen-bond donors (Lipinski definition) is 2. The predicted molar refractivity (Wildman–Crippen MR) is 52.3 cm³/mol. The number of nitrogens with two attached hydrogens (primary N) is 1. The minimum Gasteiger partial charge on any atom is -0.385 e. The number of nitrogens with one attached hydrogen (secondary N) is 1. The largest absolute Gasteiger partial charge is 0.385 e. The first-order valence-corrected chi connectivity index (χ1v) is 4.76. The molecule has 0 fully saturated rings. The van der Waals surface area contributed by atoms with Crippen molar-refractivity contribution in [1.29, 1.82) is 0 Å². The molecule has 3 N–H and O–H groups in total. The summed E-state index contributed by atoms with van der Waals surface area (Å²) in [6.07, 6.45) is 2.77. The van der Waals surface area contributed by atoms with E-state index in [1.807, 2.05) is 13.3 Å². The molecule has 0 aliphatic carbocycles. The summed E-state index contributed by atoms with van der Waals surface area (Å²) in [7, 11) is 3.60. The third-order valence-electron chi connectivity index (χ3n) is 1.86. The molecule has 2 atom stereocenters. The second kappa shape index (κ2) is 4.23. The van der Waals surface area contributed by atoms with Crippen LogP contribution in [0.25, 0.3) is 0 Å². The number of aliphatic imine (C=N–C) groups is 1. The molecule has 0 saturated carbocycles. The Morgan fingerprint density at radius 3 is 3.00 bits per heavy atom. The lowest BCUT2D eigenvalue weighted by molar-refractivity contribution is 0.188. The fourth-order valence-corrected chi connectivity index (χ4v) is 2.09. The number of methoxy groups -OCH3 is 1. The molecule has 0 aromatic carbocycles. The Balaban J connectivity index is 2.47. The van der Waals surface area contributed by atoms with E-state index >= 15 is 0 Å². The van der Waals surface area contributed by atoms with Gasteiger partial charge in [0, 0.05) is 26.4 Å². The minimum absolute atomic E-state index is 0.116. The van der Waals surface area contributed by atoms with E-state index in [0.29, 0.717) is 6.61 Å². The first-order valence-electron chi connectivity index (χ1n) is 3.88. The molecule has 1 heterocycles. The van der Waals surface area contributed by atoms with E-state index in [2.05, 4.69) is 10.3 Å². The number of hydrogen-bond acceptors (Lipinski definition) is 5. The Kier molecular flexibility index (Phi) is 3.52. The van der Waals surface area contributed by atoms with Crippen molar-refractivity contribution in [1.82, 2.24) is 5.32 Å². The van der Waals surface area contributed by atoms with E-state index in [0.717, 1.165) is 6.42 Å². The average molecular weight is 189 g/mol. The van der Waals surface area contributed by atoms with Crippen molar-refractivity contribution in [3.8, 4) is 0 Å². The summed E-state index contributed by atoms with van der Waals surface area (Å²) >= 11 is 1.62. The Labute approximate surface area is 76.9 Å². The normalized spacial score (nSPS) is 34.4. The Hall–Kier alpha value is -0.100. The van der Waals surface area contributed by atoms with Gasteiger partial charge in [-0.05, 0) is 7.05 Å². The lowest BCUT2D eigenvalue weighted by Gasteiger charge is -2.24. The highest BCUT2D eigenvalue weighted by Crippen LogP contribution is 2.31. The molecular weight excluding hydrogens is 174 g/mol. The molecule has 0 bridgehead atoms. The van der Waals surface area contributed by atoms with Gasteiger partial charge in [-0.25, -0.2) is 0 Å². The first kappa shape index (κ1) is 9.98. The van der Waals surface area contributed by atoms with Gasteiger partial charge < -0.3 is 15.8 Å². The highest BCUT2D eigenvalue weighted by atomic mass is 32.2. The van der Waals surface area contributed by atoms with Gasteiger partial charge in [0.25, 0.3) is 0 Å². The fourth-order valence-electron chi connectivity index (χ4n) is 1.10. The molecule has 0 spiro atoms. The quantitative estimate of drug-likeness (QED) is 0.653. The molecule has 1 aliphatic rings. The molecule has 1 aliphatic heterocycles. The molecule has 0 aromatic heterocycles. The average Bonchev–Trinajstić information content (AvgIpc) is 2.45. The number of ether oxygens (including phenoxy) is 1. The number of nitrogens with zero attached hydrogens (tertiary/aromatic N) is 1. The SMILES string of the molecule is CNC1(CCOC)C=NC(N)S1. The lowest BCUT2D eigenvalue weighted by atomic mass is 10.2. The van der Waals surface area contributed by atoms with Crippen LogP contribution >= 0.6 is 11.8 Å². The van der Waals surface area contributed by atoms with Gasteiger partial charge in [0.05, 0.1) is 0 Å². The van der Waals surface area contributed by atoms with E-state index in [4.69, 9.17) is 10.5 Å². The van der Waals surface area contributed by atoms with Crippen molar-refractivity contribution in [3.05, 3.63) is 0 Å². The van der Waals surface area contributed by atoms with Crippen LogP contribution in [0, 0.1) is 0 Å². The van der Waals surface area contributed by atoms with E-state index < -0.39 is 0 Å². The highest BCUT2D eigenvalue weighted by molar-refractivity contribution is 8.02. The summed E-state index contributed by atoms with van der Waals surface area (Å²) in [6.45, 7) is 0.715. The standard InChI is InChI=1S/C7H15N3OS/c1-9-7(3-4-11-2)5-10-6(8)12-7/h5-6,9H,3-4,8H2,1-2H3. The van der Waals surface area contributed by atoms with Crippen molar-refractivity contribution in [3.63, 3.8) is 0 Å². The Morgan fingerprint density at radius 2 is 2.58 bits per heavy atom. The zero-order valence-corrected chi connectivity index (χ0v) is 8.23. The summed E-state index contributed by atoms with van der Waals surface area (Å²) in [6, 6.07) is 0. The third kappa shape index (κ3) is 2.20. The summed E-state index contributed by atoms with van der Waals surface area (Å²) < 4.78 is 5.01. The molecule has 1 rings (SSSR count). The monoisotopic (exact) mass is 189 g/mol.